The summed E-state index contributed by atoms with van der Waals surface area (Å²) >= 11 is 0. The van der Waals surface area contributed by atoms with Gasteiger partial charge < -0.3 is 10.0 Å². The minimum atomic E-state index is -0.347. The number of benzene rings is 1. The second kappa shape index (κ2) is 7.09. The molecule has 3 heteroatoms. The number of aliphatic hydroxyl groups excluding tert-OH is 1. The summed E-state index contributed by atoms with van der Waals surface area (Å²) < 4.78 is 0. The zero-order valence-electron chi connectivity index (χ0n) is 13.0. The minimum Gasteiger partial charge on any atom is -0.388 e. The summed E-state index contributed by atoms with van der Waals surface area (Å²) in [5, 5.41) is 10.2. The Hall–Kier alpha value is -1.06. The lowest BCUT2D eigenvalue weighted by Crippen LogP contribution is -2.47. The molecule has 3 nitrogen and oxygen atoms in total. The van der Waals surface area contributed by atoms with Crippen molar-refractivity contribution in [3.8, 4) is 0 Å². The molecule has 2 rings (SSSR count). The fraction of sp³-hybridized carbons (Fsp3) is 0.647. The molecule has 0 amide bonds. The van der Waals surface area contributed by atoms with Crippen molar-refractivity contribution in [1.82, 2.24) is 4.90 Å². The molecule has 1 heterocycles. The molecule has 0 spiro atoms. The van der Waals surface area contributed by atoms with E-state index in [9.17, 15) is 5.11 Å². The highest BCUT2D eigenvalue weighted by atomic mass is 16.3. The Balaban J connectivity index is 2.03. The van der Waals surface area contributed by atoms with E-state index in [1.54, 1.807) is 0 Å². The van der Waals surface area contributed by atoms with Crippen molar-refractivity contribution < 1.29 is 5.11 Å². The van der Waals surface area contributed by atoms with Crippen molar-refractivity contribution in [2.45, 2.75) is 33.3 Å². The summed E-state index contributed by atoms with van der Waals surface area (Å²) in [5.74, 6) is 0.732. The van der Waals surface area contributed by atoms with E-state index in [-0.39, 0.29) is 6.10 Å². The predicted octanol–water partition coefficient (Wildman–Crippen LogP) is 2.91. The van der Waals surface area contributed by atoms with Gasteiger partial charge in [0.1, 0.15) is 0 Å². The number of para-hydroxylation sites is 1. The maximum absolute atomic E-state index is 10.2. The van der Waals surface area contributed by atoms with Gasteiger partial charge in [0.05, 0.1) is 6.10 Å². The second-order valence-corrected chi connectivity index (χ2v) is 6.16. The summed E-state index contributed by atoms with van der Waals surface area (Å²) in [6.45, 7) is 12.1. The SMILES string of the molecule is CCC(O)c1ccccc1N1CCN(CC(C)C)CC1. The van der Waals surface area contributed by atoms with Crippen molar-refractivity contribution in [3.05, 3.63) is 29.8 Å². The molecule has 1 unspecified atom stereocenters. The first-order chi connectivity index (χ1) is 9.61. The second-order valence-electron chi connectivity index (χ2n) is 6.16. The molecule has 1 fully saturated rings. The lowest BCUT2D eigenvalue weighted by atomic mass is 10.0. The van der Waals surface area contributed by atoms with Crippen LogP contribution < -0.4 is 4.90 Å². The van der Waals surface area contributed by atoms with Gasteiger partial charge in [0, 0.05) is 44.0 Å². The van der Waals surface area contributed by atoms with Gasteiger partial charge in [-0.25, -0.2) is 0 Å². The number of hydrogen-bond donors (Lipinski definition) is 1. The van der Waals surface area contributed by atoms with Crippen LogP contribution in [0.4, 0.5) is 5.69 Å². The molecule has 1 N–H and O–H groups in total. The Morgan fingerprint density at radius 1 is 1.10 bits per heavy atom. The average molecular weight is 276 g/mol. The van der Waals surface area contributed by atoms with Gasteiger partial charge in [0.2, 0.25) is 0 Å². The van der Waals surface area contributed by atoms with E-state index in [0.29, 0.717) is 0 Å². The zero-order valence-corrected chi connectivity index (χ0v) is 13.0. The largest absolute Gasteiger partial charge is 0.388 e. The Labute approximate surface area is 123 Å². The van der Waals surface area contributed by atoms with Crippen LogP contribution >= 0.6 is 0 Å². The Bertz CT molecular complexity index is 411. The number of piperazine rings is 1. The van der Waals surface area contributed by atoms with E-state index in [1.165, 1.54) is 12.2 Å². The summed E-state index contributed by atoms with van der Waals surface area (Å²) in [7, 11) is 0. The predicted molar refractivity (Wildman–Crippen MR) is 85.2 cm³/mol. The fourth-order valence-corrected chi connectivity index (χ4v) is 2.96. The first-order valence-electron chi connectivity index (χ1n) is 7.86. The van der Waals surface area contributed by atoms with E-state index in [2.05, 4.69) is 41.8 Å². The molecule has 112 valence electrons. The summed E-state index contributed by atoms with van der Waals surface area (Å²) in [6, 6.07) is 8.30. The van der Waals surface area contributed by atoms with E-state index < -0.39 is 0 Å². The molecule has 1 aromatic carbocycles. The Kier molecular flexibility index (Phi) is 5.44. The van der Waals surface area contributed by atoms with Gasteiger partial charge in [-0.2, -0.15) is 0 Å². The molecule has 0 bridgehead atoms. The lowest BCUT2D eigenvalue weighted by Gasteiger charge is -2.38. The van der Waals surface area contributed by atoms with Crippen molar-refractivity contribution in [2.24, 2.45) is 5.92 Å². The van der Waals surface area contributed by atoms with Gasteiger partial charge in [-0.05, 0) is 18.4 Å². The number of hydrogen-bond acceptors (Lipinski definition) is 3. The van der Waals surface area contributed by atoms with Crippen LogP contribution in [-0.4, -0.2) is 42.7 Å². The van der Waals surface area contributed by atoms with Crippen LogP contribution in [0.25, 0.3) is 0 Å². The minimum absolute atomic E-state index is 0.347. The van der Waals surface area contributed by atoms with E-state index in [4.69, 9.17) is 0 Å². The molecule has 0 aromatic heterocycles. The summed E-state index contributed by atoms with van der Waals surface area (Å²) in [6.07, 6.45) is 0.421. The maximum atomic E-state index is 10.2. The summed E-state index contributed by atoms with van der Waals surface area (Å²) in [5.41, 5.74) is 2.29. The number of aliphatic hydroxyl groups is 1. The van der Waals surface area contributed by atoms with Crippen LogP contribution in [0.5, 0.6) is 0 Å². The van der Waals surface area contributed by atoms with Gasteiger partial charge in [-0.15, -0.1) is 0 Å². The highest BCUT2D eigenvalue weighted by molar-refractivity contribution is 5.55. The molecule has 1 saturated heterocycles. The third-order valence-corrected chi connectivity index (χ3v) is 4.02. The van der Waals surface area contributed by atoms with Crippen molar-refractivity contribution in [3.63, 3.8) is 0 Å². The van der Waals surface area contributed by atoms with Crippen molar-refractivity contribution in [2.75, 3.05) is 37.6 Å². The van der Waals surface area contributed by atoms with Gasteiger partial charge in [-0.3, -0.25) is 4.90 Å². The third kappa shape index (κ3) is 3.74. The smallest absolute Gasteiger partial charge is 0.0807 e. The normalized spacial score (nSPS) is 18.6. The molecular weight excluding hydrogens is 248 g/mol. The topological polar surface area (TPSA) is 26.7 Å². The molecule has 20 heavy (non-hydrogen) atoms. The maximum Gasteiger partial charge on any atom is 0.0807 e. The number of anilines is 1. The molecule has 1 aromatic rings. The molecule has 0 aliphatic carbocycles. The Morgan fingerprint density at radius 3 is 2.35 bits per heavy atom. The molecule has 0 radical (unpaired) electrons. The van der Waals surface area contributed by atoms with Crippen LogP contribution in [-0.2, 0) is 0 Å². The van der Waals surface area contributed by atoms with Gasteiger partial charge in [-0.1, -0.05) is 39.0 Å². The standard InChI is InChI=1S/C17H28N2O/c1-4-17(20)15-7-5-6-8-16(15)19-11-9-18(10-12-19)13-14(2)3/h5-8,14,17,20H,4,9-13H2,1-3H3. The fourth-order valence-electron chi connectivity index (χ4n) is 2.96. The molecule has 1 atom stereocenters. The first-order valence-corrected chi connectivity index (χ1v) is 7.86. The third-order valence-electron chi connectivity index (χ3n) is 4.02. The van der Waals surface area contributed by atoms with Crippen LogP contribution in [0.3, 0.4) is 0 Å². The molecule has 0 saturated carbocycles. The van der Waals surface area contributed by atoms with Gasteiger partial charge in [0.15, 0.2) is 0 Å². The highest BCUT2D eigenvalue weighted by Gasteiger charge is 2.21. The summed E-state index contributed by atoms with van der Waals surface area (Å²) in [4.78, 5) is 4.96. The van der Waals surface area contributed by atoms with Gasteiger partial charge >= 0.3 is 0 Å². The van der Waals surface area contributed by atoms with Crippen LogP contribution in [0.2, 0.25) is 0 Å². The van der Waals surface area contributed by atoms with Crippen molar-refractivity contribution >= 4 is 5.69 Å². The van der Waals surface area contributed by atoms with Crippen LogP contribution in [0.1, 0.15) is 38.9 Å². The van der Waals surface area contributed by atoms with Crippen LogP contribution in [0.15, 0.2) is 24.3 Å². The van der Waals surface area contributed by atoms with Gasteiger partial charge in [0.25, 0.3) is 0 Å². The van der Waals surface area contributed by atoms with E-state index in [1.807, 2.05) is 13.0 Å². The van der Waals surface area contributed by atoms with E-state index in [0.717, 1.165) is 44.1 Å². The zero-order chi connectivity index (χ0) is 14.5. The van der Waals surface area contributed by atoms with E-state index >= 15 is 0 Å². The molecular formula is C17H28N2O. The molecule has 1 aliphatic heterocycles. The monoisotopic (exact) mass is 276 g/mol. The number of rotatable bonds is 5. The quantitative estimate of drug-likeness (QED) is 0.896. The highest BCUT2D eigenvalue weighted by Crippen LogP contribution is 2.28. The molecule has 1 aliphatic rings. The lowest BCUT2D eigenvalue weighted by molar-refractivity contribution is 0.173. The van der Waals surface area contributed by atoms with Crippen LogP contribution in [0, 0.1) is 5.92 Å². The van der Waals surface area contributed by atoms with Crippen molar-refractivity contribution in [1.29, 1.82) is 0 Å². The first kappa shape index (κ1) is 15.3. The number of nitrogens with zero attached hydrogens (tertiary/aromatic N) is 2. The Morgan fingerprint density at radius 2 is 1.75 bits per heavy atom. The average Bonchev–Trinajstić information content (AvgIpc) is 2.46.